The first-order valence-electron chi connectivity index (χ1n) is 10.4. The molecule has 1 amide bonds. The number of fused-ring (bicyclic) bond motifs is 1. The molecule has 0 aromatic carbocycles. The first-order chi connectivity index (χ1) is 13.7. The number of carbonyl (C=O) groups is 1. The highest BCUT2D eigenvalue weighted by Crippen LogP contribution is 2.39. The van der Waals surface area contributed by atoms with Gasteiger partial charge in [0, 0.05) is 55.4 Å². The van der Waals surface area contributed by atoms with Crippen molar-refractivity contribution >= 4 is 34.0 Å². The number of hydrogen-bond donors (Lipinski definition) is 1. The number of anilines is 1. The van der Waals surface area contributed by atoms with Crippen LogP contribution < -0.4 is 10.2 Å². The zero-order valence-electron chi connectivity index (χ0n) is 16.9. The van der Waals surface area contributed by atoms with E-state index in [1.807, 2.05) is 0 Å². The molecule has 0 atom stereocenters. The topological polar surface area (TPSA) is 67.3 Å². The number of hydrogen-bond acceptors (Lipinski definition) is 6. The molecular weight excluding hydrogens is 372 g/mol. The monoisotopic (exact) mass is 402 g/mol. The van der Waals surface area contributed by atoms with Crippen molar-refractivity contribution in [1.29, 1.82) is 0 Å². The van der Waals surface area contributed by atoms with Gasteiger partial charge in [-0.15, -0.1) is 11.3 Å². The normalized spacial score (nSPS) is 18.4. The maximum Gasteiger partial charge on any atom is 0.223 e. The molecule has 0 bridgehead atoms. The van der Waals surface area contributed by atoms with Crippen molar-refractivity contribution in [2.75, 3.05) is 38.3 Å². The molecule has 2 aromatic rings. The molecule has 0 spiro atoms. The van der Waals surface area contributed by atoms with Gasteiger partial charge in [0.1, 0.15) is 11.6 Å². The lowest BCUT2D eigenvalue weighted by Gasteiger charge is -2.33. The quantitative estimate of drug-likeness (QED) is 0.716. The predicted octanol–water partition coefficient (Wildman–Crippen LogP) is 3.64. The number of aryl methyl sites for hydroxylation is 1. The highest BCUT2D eigenvalue weighted by molar-refractivity contribution is 7.11. The van der Waals surface area contributed by atoms with Gasteiger partial charge >= 0.3 is 0 Å². The van der Waals surface area contributed by atoms with Crippen molar-refractivity contribution in [3.63, 3.8) is 0 Å². The zero-order valence-corrected chi connectivity index (χ0v) is 17.7. The van der Waals surface area contributed by atoms with Gasteiger partial charge in [-0.25, -0.2) is 9.97 Å². The number of methoxy groups -OCH3 is 1. The smallest absolute Gasteiger partial charge is 0.223 e. The third-order valence-electron chi connectivity index (χ3n) is 6.09. The third kappa shape index (κ3) is 4.01. The lowest BCUT2D eigenvalue weighted by Crippen LogP contribution is -2.41. The third-order valence-corrected chi connectivity index (χ3v) is 6.99. The van der Waals surface area contributed by atoms with E-state index in [1.54, 1.807) is 18.4 Å². The number of nitrogens with zero attached hydrogens (tertiary/aromatic N) is 3. The van der Waals surface area contributed by atoms with Crippen LogP contribution in [-0.4, -0.2) is 49.2 Å². The summed E-state index contributed by atoms with van der Waals surface area (Å²) < 4.78 is 5.04. The number of thiophene rings is 1. The second kappa shape index (κ2) is 8.74. The summed E-state index contributed by atoms with van der Waals surface area (Å²) in [5.41, 5.74) is 1.09. The Bertz CT molecular complexity index is 825. The van der Waals surface area contributed by atoms with Gasteiger partial charge in [-0.2, -0.15) is 0 Å². The minimum Gasteiger partial charge on any atom is -0.385 e. The number of ether oxygens (including phenoxy) is 1. The Balaban J connectivity index is 1.44. The zero-order chi connectivity index (χ0) is 19.5. The van der Waals surface area contributed by atoms with Crippen LogP contribution in [0.5, 0.6) is 0 Å². The van der Waals surface area contributed by atoms with Crippen LogP contribution in [0.3, 0.4) is 0 Å². The molecule has 1 saturated carbocycles. The summed E-state index contributed by atoms with van der Waals surface area (Å²) in [5, 5.41) is 6.42. The molecule has 2 aliphatic rings. The van der Waals surface area contributed by atoms with Gasteiger partial charge < -0.3 is 15.0 Å². The van der Waals surface area contributed by atoms with E-state index in [1.165, 1.54) is 29.5 Å². The SMILES string of the molecule is COCCCNC(=O)C1CCN(c2nc(C3CCC3)nc3csc(C)c23)CC1. The van der Waals surface area contributed by atoms with Gasteiger partial charge in [0.25, 0.3) is 0 Å². The summed E-state index contributed by atoms with van der Waals surface area (Å²) >= 11 is 1.76. The van der Waals surface area contributed by atoms with E-state index in [9.17, 15) is 4.79 Å². The maximum atomic E-state index is 12.4. The number of nitrogens with one attached hydrogen (secondary N) is 1. The van der Waals surface area contributed by atoms with Crippen LogP contribution in [0.2, 0.25) is 0 Å². The number of amides is 1. The molecule has 152 valence electrons. The van der Waals surface area contributed by atoms with Gasteiger partial charge in [-0.05, 0) is 39.0 Å². The highest BCUT2D eigenvalue weighted by Gasteiger charge is 2.29. The number of aromatic nitrogens is 2. The summed E-state index contributed by atoms with van der Waals surface area (Å²) in [6.07, 6.45) is 6.32. The van der Waals surface area contributed by atoms with E-state index >= 15 is 0 Å². The molecule has 1 saturated heterocycles. The van der Waals surface area contributed by atoms with Gasteiger partial charge in [0.15, 0.2) is 0 Å². The molecule has 1 aliphatic heterocycles. The molecule has 7 heteroatoms. The van der Waals surface area contributed by atoms with Crippen molar-refractivity contribution in [3.05, 3.63) is 16.1 Å². The minimum absolute atomic E-state index is 0.103. The van der Waals surface area contributed by atoms with E-state index in [0.29, 0.717) is 19.1 Å². The summed E-state index contributed by atoms with van der Waals surface area (Å²) in [4.78, 5) is 26.0. The number of piperidine rings is 1. The van der Waals surface area contributed by atoms with Crippen LogP contribution in [0, 0.1) is 12.8 Å². The summed E-state index contributed by atoms with van der Waals surface area (Å²) in [6, 6.07) is 0. The maximum absolute atomic E-state index is 12.4. The standard InChI is InChI=1S/C21H30N4O2S/c1-14-18-17(13-28-14)23-19(15-5-3-6-15)24-20(18)25-10-7-16(8-11-25)21(26)22-9-4-12-27-2/h13,15-16H,3-12H2,1-2H3,(H,22,26). The van der Waals surface area contributed by atoms with Crippen molar-refractivity contribution in [1.82, 2.24) is 15.3 Å². The molecule has 6 nitrogen and oxygen atoms in total. The molecule has 3 heterocycles. The van der Waals surface area contributed by atoms with Crippen LogP contribution in [0.4, 0.5) is 5.82 Å². The van der Waals surface area contributed by atoms with Crippen molar-refractivity contribution in [3.8, 4) is 0 Å². The summed E-state index contributed by atoms with van der Waals surface area (Å²) in [6.45, 7) is 5.29. The molecule has 4 rings (SSSR count). The molecule has 0 radical (unpaired) electrons. The molecular formula is C21H30N4O2S. The van der Waals surface area contributed by atoms with Crippen LogP contribution >= 0.6 is 11.3 Å². The fraction of sp³-hybridized carbons (Fsp3) is 0.667. The van der Waals surface area contributed by atoms with E-state index in [0.717, 1.165) is 49.5 Å². The van der Waals surface area contributed by atoms with Crippen molar-refractivity contribution in [2.45, 2.75) is 51.4 Å². The number of carbonyl (C=O) groups excluding carboxylic acids is 1. The first kappa shape index (κ1) is 19.6. The van der Waals surface area contributed by atoms with E-state index in [-0.39, 0.29) is 11.8 Å². The van der Waals surface area contributed by atoms with Crippen LogP contribution in [0.25, 0.3) is 10.9 Å². The average Bonchev–Trinajstić information content (AvgIpc) is 3.04. The second-order valence-electron chi connectivity index (χ2n) is 7.98. The fourth-order valence-electron chi connectivity index (χ4n) is 4.11. The van der Waals surface area contributed by atoms with Gasteiger partial charge in [0.2, 0.25) is 5.91 Å². The fourth-order valence-corrected chi connectivity index (χ4v) is 4.89. The van der Waals surface area contributed by atoms with E-state index in [2.05, 4.69) is 22.5 Å². The molecule has 2 fully saturated rings. The van der Waals surface area contributed by atoms with Crippen LogP contribution in [-0.2, 0) is 9.53 Å². The molecule has 0 unspecified atom stereocenters. The van der Waals surface area contributed by atoms with E-state index < -0.39 is 0 Å². The summed E-state index contributed by atoms with van der Waals surface area (Å²) in [5.74, 6) is 2.92. The average molecular weight is 403 g/mol. The molecule has 2 aromatic heterocycles. The van der Waals surface area contributed by atoms with Crippen molar-refractivity contribution < 1.29 is 9.53 Å². The number of rotatable bonds is 7. The Morgan fingerprint density at radius 2 is 2.07 bits per heavy atom. The van der Waals surface area contributed by atoms with Crippen LogP contribution in [0.15, 0.2) is 5.38 Å². The molecule has 1 N–H and O–H groups in total. The Labute approximate surface area is 170 Å². The van der Waals surface area contributed by atoms with Gasteiger partial charge in [0.05, 0.1) is 10.9 Å². The van der Waals surface area contributed by atoms with Crippen LogP contribution in [0.1, 0.15) is 55.1 Å². The Morgan fingerprint density at radius 3 is 2.75 bits per heavy atom. The first-order valence-corrected chi connectivity index (χ1v) is 11.3. The predicted molar refractivity (Wildman–Crippen MR) is 113 cm³/mol. The Morgan fingerprint density at radius 1 is 1.29 bits per heavy atom. The molecule has 1 aliphatic carbocycles. The minimum atomic E-state index is 0.103. The highest BCUT2D eigenvalue weighted by atomic mass is 32.1. The Kier molecular flexibility index (Phi) is 6.11. The largest absolute Gasteiger partial charge is 0.385 e. The lowest BCUT2D eigenvalue weighted by atomic mass is 9.85. The second-order valence-corrected chi connectivity index (χ2v) is 9.07. The molecule has 28 heavy (non-hydrogen) atoms. The van der Waals surface area contributed by atoms with Crippen molar-refractivity contribution in [2.24, 2.45) is 5.92 Å². The summed E-state index contributed by atoms with van der Waals surface area (Å²) in [7, 11) is 1.69. The van der Waals surface area contributed by atoms with Gasteiger partial charge in [-0.1, -0.05) is 6.42 Å². The van der Waals surface area contributed by atoms with Gasteiger partial charge in [-0.3, -0.25) is 4.79 Å². The lowest BCUT2D eigenvalue weighted by molar-refractivity contribution is -0.125. The van der Waals surface area contributed by atoms with E-state index in [4.69, 9.17) is 14.7 Å². The Hall–Kier alpha value is -1.73.